The van der Waals surface area contributed by atoms with Crippen LogP contribution in [-0.4, -0.2) is 43.0 Å². The Kier molecular flexibility index (Phi) is 5.90. The van der Waals surface area contributed by atoms with Gasteiger partial charge in [-0.15, -0.1) is 0 Å². The number of nitrogens with zero attached hydrogens (tertiary/aromatic N) is 1. The zero-order valence-corrected chi connectivity index (χ0v) is 17.7. The second kappa shape index (κ2) is 8.62. The number of carbonyl (C=O) groups excluding carboxylic acids is 1. The van der Waals surface area contributed by atoms with Crippen LogP contribution in [0.1, 0.15) is 28.8 Å². The molecule has 1 aromatic heterocycles. The molecule has 1 aromatic carbocycles. The van der Waals surface area contributed by atoms with Gasteiger partial charge in [0.2, 0.25) is 0 Å². The van der Waals surface area contributed by atoms with Gasteiger partial charge in [0.1, 0.15) is 5.15 Å². The molecule has 2 aliphatic rings. The first-order chi connectivity index (χ1) is 14.9. The molecule has 1 unspecified atom stereocenters. The van der Waals surface area contributed by atoms with Crippen LogP contribution in [0, 0.1) is 0 Å². The number of methoxy groups -OCH3 is 1. The Hall–Kier alpha value is -3.01. The predicted octanol–water partition coefficient (Wildman–Crippen LogP) is 2.34. The molecule has 1 atom stereocenters. The third kappa shape index (κ3) is 4.12. The second-order valence-electron chi connectivity index (χ2n) is 7.29. The molecule has 6 N–H and O–H groups in total. The van der Waals surface area contributed by atoms with Crippen LogP contribution in [0.2, 0.25) is 5.15 Å². The molecule has 1 amide bonds. The van der Waals surface area contributed by atoms with Gasteiger partial charge in [-0.05, 0) is 24.6 Å². The van der Waals surface area contributed by atoms with E-state index >= 15 is 0 Å². The molecule has 1 saturated carbocycles. The molecule has 0 bridgehead atoms. The molecule has 9 nitrogen and oxygen atoms in total. The standard InChI is InChI=1S/C21H24ClN5O4/c1-29-19-12(14(23)11-25-17-5-6-21(17)30-7-8-31-21)3-2-4-15(19)27-16-9-18(22)26-10-13(16)20(24)28/h2-4,9-11,17,25H,5-8,23H2,1H3,(H2,24,28)(H,26,27)/b14-11-. The van der Waals surface area contributed by atoms with Crippen molar-refractivity contribution in [2.45, 2.75) is 24.7 Å². The van der Waals surface area contributed by atoms with E-state index in [9.17, 15) is 4.79 Å². The Balaban J connectivity index is 1.58. The molecular formula is C21H24ClN5O4. The van der Waals surface area contributed by atoms with Crippen LogP contribution in [0.15, 0.2) is 36.7 Å². The molecule has 10 heteroatoms. The van der Waals surface area contributed by atoms with Gasteiger partial charge in [0.05, 0.1) is 49.0 Å². The summed E-state index contributed by atoms with van der Waals surface area (Å²) >= 11 is 5.99. The largest absolute Gasteiger partial charge is 0.494 e. The van der Waals surface area contributed by atoms with Crippen molar-refractivity contribution in [3.63, 3.8) is 0 Å². The van der Waals surface area contributed by atoms with Crippen molar-refractivity contribution < 1.29 is 19.0 Å². The minimum absolute atomic E-state index is 0.0398. The Morgan fingerprint density at radius 3 is 2.71 bits per heavy atom. The van der Waals surface area contributed by atoms with Crippen molar-refractivity contribution in [2.75, 3.05) is 25.6 Å². The SMILES string of the molecule is COc1c(Nc2cc(Cl)ncc2C(N)=O)cccc1/C(N)=C/NC1CCC12OCCO2. The molecule has 0 radical (unpaired) electrons. The number of hydrogen-bond donors (Lipinski definition) is 4. The number of aromatic nitrogens is 1. The molecule has 1 aliphatic heterocycles. The fourth-order valence-electron chi connectivity index (χ4n) is 3.78. The number of rotatable bonds is 7. The average molecular weight is 446 g/mol. The number of anilines is 2. The minimum atomic E-state index is -0.629. The van der Waals surface area contributed by atoms with Gasteiger partial charge in [-0.2, -0.15) is 0 Å². The number of primary amides is 1. The average Bonchev–Trinajstić information content (AvgIpc) is 3.25. The molecule has 1 aliphatic carbocycles. The van der Waals surface area contributed by atoms with Gasteiger partial charge in [0.25, 0.3) is 5.91 Å². The third-order valence-electron chi connectivity index (χ3n) is 5.46. The van der Waals surface area contributed by atoms with Crippen LogP contribution < -0.4 is 26.8 Å². The quantitative estimate of drug-likeness (QED) is 0.477. The van der Waals surface area contributed by atoms with E-state index in [2.05, 4.69) is 15.6 Å². The van der Waals surface area contributed by atoms with Crippen LogP contribution in [0.3, 0.4) is 0 Å². The maximum atomic E-state index is 11.8. The van der Waals surface area contributed by atoms with Crippen molar-refractivity contribution in [3.05, 3.63) is 52.9 Å². The Morgan fingerprint density at radius 2 is 2.06 bits per heavy atom. The molecular weight excluding hydrogens is 422 g/mol. The third-order valence-corrected chi connectivity index (χ3v) is 5.67. The second-order valence-corrected chi connectivity index (χ2v) is 7.68. The first-order valence-electron chi connectivity index (χ1n) is 9.83. The highest BCUT2D eigenvalue weighted by atomic mass is 35.5. The fourth-order valence-corrected chi connectivity index (χ4v) is 3.93. The highest BCUT2D eigenvalue weighted by Crippen LogP contribution is 2.40. The number of para-hydroxylation sites is 1. The first kappa shape index (κ1) is 21.2. The fraction of sp³-hybridized carbons (Fsp3) is 0.333. The summed E-state index contributed by atoms with van der Waals surface area (Å²) in [6.07, 6.45) is 4.85. The van der Waals surface area contributed by atoms with Crippen LogP contribution in [-0.2, 0) is 9.47 Å². The summed E-state index contributed by atoms with van der Waals surface area (Å²) in [4.78, 5) is 15.7. The van der Waals surface area contributed by atoms with E-state index < -0.39 is 11.7 Å². The lowest BCUT2D eigenvalue weighted by atomic mass is 9.84. The van der Waals surface area contributed by atoms with E-state index in [0.29, 0.717) is 41.6 Å². The molecule has 1 saturated heterocycles. The van der Waals surface area contributed by atoms with Gasteiger partial charge < -0.3 is 36.3 Å². The number of nitrogens with two attached hydrogens (primary N) is 2. The van der Waals surface area contributed by atoms with E-state index in [4.69, 9.17) is 37.3 Å². The van der Waals surface area contributed by atoms with Crippen LogP contribution in [0.4, 0.5) is 11.4 Å². The normalized spacial score (nSPS) is 19.7. The minimum Gasteiger partial charge on any atom is -0.494 e. The molecule has 2 heterocycles. The Labute approximate surface area is 184 Å². The number of amides is 1. The first-order valence-corrected chi connectivity index (χ1v) is 10.2. The highest BCUT2D eigenvalue weighted by molar-refractivity contribution is 6.29. The van der Waals surface area contributed by atoms with Crippen LogP contribution in [0.25, 0.3) is 5.70 Å². The van der Waals surface area contributed by atoms with E-state index in [1.54, 1.807) is 19.4 Å². The molecule has 164 valence electrons. The Morgan fingerprint density at radius 1 is 1.29 bits per heavy atom. The zero-order valence-electron chi connectivity index (χ0n) is 17.0. The molecule has 2 fully saturated rings. The number of halogens is 1. The van der Waals surface area contributed by atoms with Crippen molar-refractivity contribution in [2.24, 2.45) is 11.5 Å². The van der Waals surface area contributed by atoms with Gasteiger partial charge in [-0.1, -0.05) is 17.7 Å². The zero-order chi connectivity index (χ0) is 22.0. The number of ether oxygens (including phenoxy) is 3. The van der Waals surface area contributed by atoms with Gasteiger partial charge in [-0.25, -0.2) is 4.98 Å². The van der Waals surface area contributed by atoms with E-state index in [-0.39, 0.29) is 16.8 Å². The highest BCUT2D eigenvalue weighted by Gasteiger charge is 2.51. The summed E-state index contributed by atoms with van der Waals surface area (Å²) in [5.41, 5.74) is 14.2. The summed E-state index contributed by atoms with van der Waals surface area (Å²) < 4.78 is 17.1. The number of hydrogen-bond acceptors (Lipinski definition) is 8. The predicted molar refractivity (Wildman–Crippen MR) is 117 cm³/mol. The summed E-state index contributed by atoms with van der Waals surface area (Å²) in [6.45, 7) is 1.20. The monoisotopic (exact) mass is 445 g/mol. The molecule has 2 aromatic rings. The topological polar surface area (TPSA) is 134 Å². The maximum Gasteiger partial charge on any atom is 0.252 e. The van der Waals surface area contributed by atoms with Crippen molar-refractivity contribution >= 4 is 34.6 Å². The van der Waals surface area contributed by atoms with E-state index in [0.717, 1.165) is 12.8 Å². The number of carbonyl (C=O) groups is 1. The summed E-state index contributed by atoms with van der Waals surface area (Å²) in [6, 6.07) is 7.01. The maximum absolute atomic E-state index is 11.8. The summed E-state index contributed by atoms with van der Waals surface area (Å²) in [7, 11) is 1.54. The number of benzene rings is 1. The summed E-state index contributed by atoms with van der Waals surface area (Å²) in [5, 5.41) is 6.66. The van der Waals surface area contributed by atoms with Crippen LogP contribution in [0.5, 0.6) is 5.75 Å². The van der Waals surface area contributed by atoms with E-state index in [1.165, 1.54) is 12.3 Å². The van der Waals surface area contributed by atoms with Crippen molar-refractivity contribution in [3.8, 4) is 5.75 Å². The van der Waals surface area contributed by atoms with Crippen molar-refractivity contribution in [1.29, 1.82) is 0 Å². The lowest BCUT2D eigenvalue weighted by Crippen LogP contribution is -2.58. The lowest BCUT2D eigenvalue weighted by molar-refractivity contribution is -0.225. The number of pyridine rings is 1. The summed E-state index contributed by atoms with van der Waals surface area (Å²) in [5.74, 6) is -0.676. The Bertz CT molecular complexity index is 1020. The number of nitrogens with one attached hydrogen (secondary N) is 2. The lowest BCUT2D eigenvalue weighted by Gasteiger charge is -2.44. The molecule has 1 spiro atoms. The van der Waals surface area contributed by atoms with Gasteiger partial charge in [0.15, 0.2) is 11.5 Å². The van der Waals surface area contributed by atoms with Crippen molar-refractivity contribution in [1.82, 2.24) is 10.3 Å². The smallest absolute Gasteiger partial charge is 0.252 e. The van der Waals surface area contributed by atoms with Gasteiger partial charge in [0, 0.05) is 24.4 Å². The molecule has 4 rings (SSSR count). The molecule has 31 heavy (non-hydrogen) atoms. The van der Waals surface area contributed by atoms with E-state index in [1.807, 2.05) is 12.1 Å². The van der Waals surface area contributed by atoms with Crippen LogP contribution >= 0.6 is 11.6 Å². The van der Waals surface area contributed by atoms with Gasteiger partial charge in [-0.3, -0.25) is 4.79 Å². The van der Waals surface area contributed by atoms with Gasteiger partial charge >= 0.3 is 0 Å².